The molecule has 0 fully saturated rings. The highest BCUT2D eigenvalue weighted by Gasteiger charge is 2.32. The molecule has 41 heavy (non-hydrogen) atoms. The molecule has 0 unspecified atom stereocenters. The van der Waals surface area contributed by atoms with Gasteiger partial charge in [0.2, 0.25) is 0 Å². The van der Waals surface area contributed by atoms with Gasteiger partial charge in [-0.2, -0.15) is 13.2 Å². The molecule has 3 aromatic carbocycles. The molecular formula is C32H31F3N4O2. The molecule has 1 aliphatic rings. The van der Waals surface area contributed by atoms with Gasteiger partial charge >= 0.3 is 12.2 Å². The number of nitrogens with one attached hydrogen (secondary N) is 2. The summed E-state index contributed by atoms with van der Waals surface area (Å²) in [6, 6.07) is 17.8. The van der Waals surface area contributed by atoms with Crippen LogP contribution in [0.5, 0.6) is 0 Å². The van der Waals surface area contributed by atoms with E-state index in [1.54, 1.807) is 29.3 Å². The maximum Gasteiger partial charge on any atom is 0.416 e. The molecule has 1 aliphatic heterocycles. The van der Waals surface area contributed by atoms with Crippen molar-refractivity contribution in [1.29, 1.82) is 0 Å². The third-order valence-electron chi connectivity index (χ3n) is 7.10. The van der Waals surface area contributed by atoms with Crippen LogP contribution < -0.4 is 10.6 Å². The van der Waals surface area contributed by atoms with E-state index in [9.17, 15) is 22.8 Å². The molecule has 3 amide bonds. The topological polar surface area (TPSA) is 74.3 Å². The maximum absolute atomic E-state index is 13.6. The lowest BCUT2D eigenvalue weighted by Crippen LogP contribution is -2.50. The van der Waals surface area contributed by atoms with Crippen molar-refractivity contribution < 1.29 is 22.8 Å². The van der Waals surface area contributed by atoms with Gasteiger partial charge in [0, 0.05) is 42.3 Å². The SMILES string of the molecule is CC(C)(C)NC(=O)N1CCc2c(-c3cccc(C(F)(F)F)c3)ccc(C(=O)NCc3cccc4ncccc34)c2C1. The Morgan fingerprint density at radius 2 is 1.73 bits per heavy atom. The maximum atomic E-state index is 13.6. The highest BCUT2D eigenvalue weighted by molar-refractivity contribution is 5.97. The zero-order chi connectivity index (χ0) is 29.4. The van der Waals surface area contributed by atoms with Gasteiger partial charge in [0.05, 0.1) is 11.1 Å². The summed E-state index contributed by atoms with van der Waals surface area (Å²) < 4.78 is 40.4. The van der Waals surface area contributed by atoms with Crippen molar-refractivity contribution in [3.63, 3.8) is 0 Å². The van der Waals surface area contributed by atoms with Crippen molar-refractivity contribution in [1.82, 2.24) is 20.5 Å². The normalized spacial score (nSPS) is 13.6. The molecule has 1 aromatic heterocycles. The minimum atomic E-state index is -4.48. The molecule has 0 saturated heterocycles. The van der Waals surface area contributed by atoms with Crippen LogP contribution in [-0.2, 0) is 25.7 Å². The molecular weight excluding hydrogens is 529 g/mol. The Hall–Kier alpha value is -4.40. The molecule has 2 heterocycles. The van der Waals surface area contributed by atoms with Crippen molar-refractivity contribution in [3.8, 4) is 11.1 Å². The molecule has 4 aromatic rings. The number of benzene rings is 3. The number of halogens is 3. The van der Waals surface area contributed by atoms with E-state index >= 15 is 0 Å². The Bertz CT molecular complexity index is 1620. The highest BCUT2D eigenvalue weighted by Crippen LogP contribution is 2.36. The molecule has 212 valence electrons. The van der Waals surface area contributed by atoms with Crippen LogP contribution in [-0.4, -0.2) is 33.9 Å². The Kier molecular flexibility index (Phi) is 7.46. The number of nitrogens with zero attached hydrogens (tertiary/aromatic N) is 2. The molecule has 0 saturated carbocycles. The number of carbonyl (C=O) groups is 2. The van der Waals surface area contributed by atoms with E-state index in [2.05, 4.69) is 15.6 Å². The molecule has 0 atom stereocenters. The first-order valence-electron chi connectivity index (χ1n) is 13.4. The van der Waals surface area contributed by atoms with Crippen LogP contribution in [0.15, 0.2) is 72.9 Å². The molecule has 9 heteroatoms. The lowest BCUT2D eigenvalue weighted by Gasteiger charge is -2.34. The molecule has 0 radical (unpaired) electrons. The first-order chi connectivity index (χ1) is 19.4. The largest absolute Gasteiger partial charge is 0.416 e. The Balaban J connectivity index is 1.50. The summed E-state index contributed by atoms with van der Waals surface area (Å²) in [6.07, 6.45) is -2.37. The number of hydrogen-bond acceptors (Lipinski definition) is 3. The number of pyridine rings is 1. The van der Waals surface area contributed by atoms with Crippen molar-refractivity contribution in [2.24, 2.45) is 0 Å². The van der Waals surface area contributed by atoms with Gasteiger partial charge in [-0.15, -0.1) is 0 Å². The summed E-state index contributed by atoms with van der Waals surface area (Å²) >= 11 is 0. The average Bonchev–Trinajstić information content (AvgIpc) is 2.93. The number of carbonyl (C=O) groups excluding carboxylic acids is 2. The predicted molar refractivity (Wildman–Crippen MR) is 152 cm³/mol. The van der Waals surface area contributed by atoms with Gasteiger partial charge in [-0.1, -0.05) is 36.4 Å². The first-order valence-corrected chi connectivity index (χ1v) is 13.4. The third kappa shape index (κ3) is 6.19. The van der Waals surface area contributed by atoms with E-state index in [0.29, 0.717) is 35.2 Å². The Labute approximate surface area is 236 Å². The predicted octanol–water partition coefficient (Wildman–Crippen LogP) is 6.72. The quantitative estimate of drug-likeness (QED) is 0.291. The van der Waals surface area contributed by atoms with Gasteiger partial charge in [-0.05, 0) is 85.3 Å². The van der Waals surface area contributed by atoms with Crippen LogP contribution in [0, 0.1) is 0 Å². The molecule has 0 bridgehead atoms. The van der Waals surface area contributed by atoms with E-state index in [1.165, 1.54) is 6.07 Å². The molecule has 0 spiro atoms. The zero-order valence-corrected chi connectivity index (χ0v) is 23.1. The monoisotopic (exact) mass is 560 g/mol. The van der Waals surface area contributed by atoms with E-state index in [1.807, 2.05) is 51.1 Å². The Morgan fingerprint density at radius 1 is 0.951 bits per heavy atom. The van der Waals surface area contributed by atoms with Gasteiger partial charge in [0.25, 0.3) is 5.91 Å². The van der Waals surface area contributed by atoms with Crippen LogP contribution in [0.25, 0.3) is 22.0 Å². The van der Waals surface area contributed by atoms with Gasteiger partial charge in [0.15, 0.2) is 0 Å². The number of hydrogen-bond donors (Lipinski definition) is 2. The van der Waals surface area contributed by atoms with Crippen LogP contribution in [0.4, 0.5) is 18.0 Å². The summed E-state index contributed by atoms with van der Waals surface area (Å²) in [6.45, 7) is 6.45. The zero-order valence-electron chi connectivity index (χ0n) is 23.1. The minimum Gasteiger partial charge on any atom is -0.348 e. The van der Waals surface area contributed by atoms with Crippen molar-refractivity contribution >= 4 is 22.8 Å². The van der Waals surface area contributed by atoms with Crippen LogP contribution in [0.1, 0.15) is 53.4 Å². The molecule has 0 aliphatic carbocycles. The number of alkyl halides is 3. The van der Waals surface area contributed by atoms with Crippen LogP contribution in [0.3, 0.4) is 0 Å². The Morgan fingerprint density at radius 3 is 2.49 bits per heavy atom. The van der Waals surface area contributed by atoms with Gasteiger partial charge in [-0.3, -0.25) is 9.78 Å². The molecule has 5 rings (SSSR count). The summed E-state index contributed by atoms with van der Waals surface area (Å²) in [7, 11) is 0. The number of urea groups is 1. The smallest absolute Gasteiger partial charge is 0.348 e. The summed E-state index contributed by atoms with van der Waals surface area (Å²) in [5.74, 6) is -0.323. The van der Waals surface area contributed by atoms with Crippen LogP contribution >= 0.6 is 0 Å². The number of aromatic nitrogens is 1. The fourth-order valence-electron chi connectivity index (χ4n) is 5.19. The van der Waals surface area contributed by atoms with Gasteiger partial charge in [0.1, 0.15) is 0 Å². The highest BCUT2D eigenvalue weighted by atomic mass is 19.4. The van der Waals surface area contributed by atoms with Crippen molar-refractivity contribution in [2.45, 2.75) is 52.0 Å². The molecule has 6 nitrogen and oxygen atoms in total. The second-order valence-electron chi connectivity index (χ2n) is 11.2. The lowest BCUT2D eigenvalue weighted by molar-refractivity contribution is -0.137. The third-order valence-corrected chi connectivity index (χ3v) is 7.10. The van der Waals surface area contributed by atoms with Crippen molar-refractivity contribution in [2.75, 3.05) is 6.54 Å². The summed E-state index contributed by atoms with van der Waals surface area (Å²) in [4.78, 5) is 32.6. The first kappa shape index (κ1) is 28.1. The van der Waals surface area contributed by atoms with Crippen LogP contribution in [0.2, 0.25) is 0 Å². The molecule has 2 N–H and O–H groups in total. The fourth-order valence-corrected chi connectivity index (χ4v) is 5.19. The summed E-state index contributed by atoms with van der Waals surface area (Å²) in [5.41, 5.74) is 3.37. The van der Waals surface area contributed by atoms with Gasteiger partial charge in [-0.25, -0.2) is 4.79 Å². The van der Waals surface area contributed by atoms with Gasteiger partial charge < -0.3 is 15.5 Å². The lowest BCUT2D eigenvalue weighted by atomic mass is 9.87. The van der Waals surface area contributed by atoms with E-state index < -0.39 is 17.3 Å². The summed E-state index contributed by atoms with van der Waals surface area (Å²) in [5, 5.41) is 6.88. The standard InChI is InChI=1S/C32H31F3N4O2/c1-31(2,3)38-30(41)39-16-14-25-23(20-7-4-9-22(17-20)32(33,34)35)12-13-26(27(25)19-39)29(40)37-18-21-8-5-11-28-24(21)10-6-15-36-28/h4-13,15,17H,14,16,18-19H2,1-3H3,(H,37,40)(H,38,41). The van der Waals surface area contributed by atoms with Crippen molar-refractivity contribution in [3.05, 3.63) is 101 Å². The van der Waals surface area contributed by atoms with E-state index in [4.69, 9.17) is 0 Å². The minimum absolute atomic E-state index is 0.158. The van der Waals surface area contributed by atoms with E-state index in [-0.39, 0.29) is 25.0 Å². The van der Waals surface area contributed by atoms with E-state index in [0.717, 1.165) is 34.2 Å². The second kappa shape index (κ2) is 10.9. The number of amides is 3. The average molecular weight is 561 g/mol. The number of rotatable bonds is 4. The fraction of sp³-hybridized carbons (Fsp3) is 0.281. The number of fused-ring (bicyclic) bond motifs is 2. The second-order valence-corrected chi connectivity index (χ2v) is 11.2.